The molecule has 0 heterocycles. The summed E-state index contributed by atoms with van der Waals surface area (Å²) in [5.41, 5.74) is 0.693. The summed E-state index contributed by atoms with van der Waals surface area (Å²) in [7, 11) is 0. The third kappa shape index (κ3) is 2.83. The van der Waals surface area contributed by atoms with Crippen LogP contribution in [0.2, 0.25) is 0 Å². The van der Waals surface area contributed by atoms with E-state index in [1.165, 1.54) is 31.4 Å². The molecule has 0 aromatic heterocycles. The van der Waals surface area contributed by atoms with Crippen LogP contribution in [0, 0.1) is 11.7 Å². The molecule has 1 N–H and O–H groups in total. The highest BCUT2D eigenvalue weighted by molar-refractivity contribution is 9.10. The van der Waals surface area contributed by atoms with Gasteiger partial charge in [-0.05, 0) is 42.5 Å². The minimum absolute atomic E-state index is 0.292. The van der Waals surface area contributed by atoms with E-state index in [4.69, 9.17) is 0 Å². The molecule has 0 amide bonds. The highest BCUT2D eigenvalue weighted by Gasteiger charge is 2.23. The second kappa shape index (κ2) is 5.28. The van der Waals surface area contributed by atoms with Crippen molar-refractivity contribution in [3.63, 3.8) is 0 Å². The molecule has 1 aromatic rings. The molecular formula is C13H16BrFO. The van der Waals surface area contributed by atoms with Crippen LogP contribution in [0.4, 0.5) is 4.39 Å². The largest absolute Gasteiger partial charge is 0.388 e. The van der Waals surface area contributed by atoms with Gasteiger partial charge in [0.15, 0.2) is 0 Å². The lowest BCUT2D eigenvalue weighted by Crippen LogP contribution is -2.16. The van der Waals surface area contributed by atoms with Crippen LogP contribution >= 0.6 is 15.9 Å². The van der Waals surface area contributed by atoms with Crippen LogP contribution in [0.3, 0.4) is 0 Å². The molecule has 1 nitrogen and oxygen atoms in total. The van der Waals surface area contributed by atoms with E-state index in [1.807, 2.05) is 6.07 Å². The van der Waals surface area contributed by atoms with Crippen molar-refractivity contribution in [1.82, 2.24) is 0 Å². The van der Waals surface area contributed by atoms with Crippen molar-refractivity contribution in [3.05, 3.63) is 34.1 Å². The Labute approximate surface area is 104 Å². The van der Waals surface area contributed by atoms with Crippen LogP contribution in [0.15, 0.2) is 22.7 Å². The minimum atomic E-state index is -0.521. The zero-order valence-electron chi connectivity index (χ0n) is 9.13. The topological polar surface area (TPSA) is 20.2 Å². The van der Waals surface area contributed by atoms with Gasteiger partial charge >= 0.3 is 0 Å². The van der Waals surface area contributed by atoms with Gasteiger partial charge in [0, 0.05) is 4.47 Å². The number of hydrogen-bond donors (Lipinski definition) is 1. The van der Waals surface area contributed by atoms with Gasteiger partial charge in [0.1, 0.15) is 5.82 Å². The Morgan fingerprint density at radius 3 is 2.50 bits per heavy atom. The zero-order chi connectivity index (χ0) is 11.5. The highest BCUT2D eigenvalue weighted by atomic mass is 79.9. The fourth-order valence-corrected chi connectivity index (χ4v) is 2.95. The average Bonchev–Trinajstić information content (AvgIpc) is 2.28. The first kappa shape index (κ1) is 12.1. The van der Waals surface area contributed by atoms with Gasteiger partial charge in [0.05, 0.1) is 6.10 Å². The molecule has 16 heavy (non-hydrogen) atoms. The normalized spacial score (nSPS) is 19.7. The van der Waals surface area contributed by atoms with Crippen molar-refractivity contribution >= 4 is 15.9 Å². The summed E-state index contributed by atoms with van der Waals surface area (Å²) in [6.45, 7) is 0. The predicted octanol–water partition coefficient (Wildman–Crippen LogP) is 4.20. The molecule has 1 aliphatic carbocycles. The Kier molecular flexibility index (Phi) is 3.98. The average molecular weight is 287 g/mol. The van der Waals surface area contributed by atoms with Crippen molar-refractivity contribution in [3.8, 4) is 0 Å². The maximum absolute atomic E-state index is 13.2. The van der Waals surface area contributed by atoms with E-state index >= 15 is 0 Å². The molecule has 1 fully saturated rings. The molecule has 1 unspecified atom stereocenters. The smallest absolute Gasteiger partial charge is 0.124 e. The third-order valence-electron chi connectivity index (χ3n) is 3.32. The van der Waals surface area contributed by atoms with Crippen molar-refractivity contribution in [1.29, 1.82) is 0 Å². The number of rotatable bonds is 2. The Morgan fingerprint density at radius 1 is 1.19 bits per heavy atom. The number of aliphatic hydroxyl groups is 1. The Morgan fingerprint density at radius 2 is 1.88 bits per heavy atom. The standard InChI is InChI=1S/C13H16BrFO/c14-11-6-10(7-12(15)8-11)13(16)9-4-2-1-3-5-9/h6-9,13,16H,1-5H2. The van der Waals surface area contributed by atoms with E-state index in [-0.39, 0.29) is 5.82 Å². The fraction of sp³-hybridized carbons (Fsp3) is 0.538. The molecule has 1 aromatic carbocycles. The van der Waals surface area contributed by atoms with E-state index in [0.717, 1.165) is 12.8 Å². The van der Waals surface area contributed by atoms with E-state index in [0.29, 0.717) is 16.0 Å². The predicted molar refractivity (Wildman–Crippen MR) is 65.6 cm³/mol. The lowest BCUT2D eigenvalue weighted by atomic mass is 9.83. The van der Waals surface area contributed by atoms with Crippen LogP contribution in [-0.4, -0.2) is 5.11 Å². The lowest BCUT2D eigenvalue weighted by molar-refractivity contribution is 0.0845. The van der Waals surface area contributed by atoms with Crippen LogP contribution in [0.5, 0.6) is 0 Å². The Hall–Kier alpha value is -0.410. The number of aliphatic hydroxyl groups excluding tert-OH is 1. The van der Waals surface area contributed by atoms with Gasteiger partial charge in [0.2, 0.25) is 0 Å². The summed E-state index contributed by atoms with van der Waals surface area (Å²) in [4.78, 5) is 0. The van der Waals surface area contributed by atoms with Crippen LogP contribution in [0.25, 0.3) is 0 Å². The summed E-state index contributed by atoms with van der Waals surface area (Å²) < 4.78 is 13.9. The maximum atomic E-state index is 13.2. The summed E-state index contributed by atoms with van der Waals surface area (Å²) in [5, 5.41) is 10.2. The number of halogens is 2. The van der Waals surface area contributed by atoms with E-state index in [2.05, 4.69) is 15.9 Å². The van der Waals surface area contributed by atoms with Gasteiger partial charge < -0.3 is 5.11 Å². The van der Waals surface area contributed by atoms with Gasteiger partial charge in [-0.25, -0.2) is 4.39 Å². The first-order valence-electron chi connectivity index (χ1n) is 5.81. The number of benzene rings is 1. The van der Waals surface area contributed by atoms with Gasteiger partial charge in [-0.1, -0.05) is 35.2 Å². The Bertz CT molecular complexity index is 341. The van der Waals surface area contributed by atoms with Crippen molar-refractivity contribution in [2.24, 2.45) is 5.92 Å². The number of hydrogen-bond acceptors (Lipinski definition) is 1. The van der Waals surface area contributed by atoms with Crippen molar-refractivity contribution < 1.29 is 9.50 Å². The quantitative estimate of drug-likeness (QED) is 0.864. The van der Waals surface area contributed by atoms with Gasteiger partial charge in [0.25, 0.3) is 0 Å². The summed E-state index contributed by atoms with van der Waals surface area (Å²) >= 11 is 3.25. The first-order valence-corrected chi connectivity index (χ1v) is 6.60. The second-order valence-corrected chi connectivity index (χ2v) is 5.46. The van der Waals surface area contributed by atoms with Crippen molar-refractivity contribution in [2.75, 3.05) is 0 Å². The van der Waals surface area contributed by atoms with E-state index in [1.54, 1.807) is 0 Å². The molecule has 1 aliphatic rings. The molecule has 3 heteroatoms. The Balaban J connectivity index is 2.15. The third-order valence-corrected chi connectivity index (χ3v) is 3.78. The summed E-state index contributed by atoms with van der Waals surface area (Å²) in [5.74, 6) is 0.00156. The highest BCUT2D eigenvalue weighted by Crippen LogP contribution is 2.35. The monoisotopic (exact) mass is 286 g/mol. The first-order chi connectivity index (χ1) is 7.66. The summed E-state index contributed by atoms with van der Waals surface area (Å²) in [6, 6.07) is 4.66. The summed E-state index contributed by atoms with van der Waals surface area (Å²) in [6.07, 6.45) is 5.20. The van der Waals surface area contributed by atoms with Crippen LogP contribution in [0.1, 0.15) is 43.8 Å². The minimum Gasteiger partial charge on any atom is -0.388 e. The maximum Gasteiger partial charge on any atom is 0.124 e. The molecule has 2 rings (SSSR count). The van der Waals surface area contributed by atoms with Crippen molar-refractivity contribution in [2.45, 2.75) is 38.2 Å². The molecule has 88 valence electrons. The molecule has 0 bridgehead atoms. The SMILES string of the molecule is OC(c1cc(F)cc(Br)c1)C1CCCCC1. The molecule has 0 saturated heterocycles. The fourth-order valence-electron chi connectivity index (χ4n) is 2.47. The van der Waals surface area contributed by atoms with Gasteiger partial charge in [-0.3, -0.25) is 0 Å². The lowest BCUT2D eigenvalue weighted by Gasteiger charge is -2.26. The molecule has 0 aliphatic heterocycles. The zero-order valence-corrected chi connectivity index (χ0v) is 10.7. The molecule has 0 spiro atoms. The molecule has 0 radical (unpaired) electrons. The van der Waals surface area contributed by atoms with Crippen LogP contribution in [-0.2, 0) is 0 Å². The molecule has 1 saturated carbocycles. The van der Waals surface area contributed by atoms with Gasteiger partial charge in [-0.15, -0.1) is 0 Å². The van der Waals surface area contributed by atoms with E-state index in [9.17, 15) is 9.50 Å². The van der Waals surface area contributed by atoms with Crippen LogP contribution < -0.4 is 0 Å². The van der Waals surface area contributed by atoms with E-state index < -0.39 is 6.10 Å². The second-order valence-electron chi connectivity index (χ2n) is 4.55. The molecular weight excluding hydrogens is 271 g/mol. The van der Waals surface area contributed by atoms with Gasteiger partial charge in [-0.2, -0.15) is 0 Å². The molecule has 1 atom stereocenters.